The molecule has 0 N–H and O–H groups in total. The first-order valence-electron chi connectivity index (χ1n) is 9.48. The Hall–Kier alpha value is -2.37. The molecule has 3 rings (SSSR count). The van der Waals surface area contributed by atoms with Crippen LogP contribution in [0.1, 0.15) is 37.7 Å². The van der Waals surface area contributed by atoms with Gasteiger partial charge in [-0.25, -0.2) is 0 Å². The van der Waals surface area contributed by atoms with Gasteiger partial charge in [0, 0.05) is 44.7 Å². The molecule has 2 aliphatic heterocycles. The lowest BCUT2D eigenvalue weighted by molar-refractivity contribution is -0.138. The Labute approximate surface area is 154 Å². The second-order valence-corrected chi connectivity index (χ2v) is 7.09. The van der Waals surface area contributed by atoms with Crippen molar-refractivity contribution in [1.82, 2.24) is 9.80 Å². The Bertz CT molecular complexity index is 689. The number of nitrogens with zero attached hydrogens (tertiary/aromatic N) is 3. The number of para-hydroxylation sites is 1. The van der Waals surface area contributed by atoms with Crippen LogP contribution in [-0.4, -0.2) is 60.2 Å². The number of aryl methyl sites for hydroxylation is 1. The minimum absolute atomic E-state index is 0.0418. The highest BCUT2D eigenvalue weighted by molar-refractivity contribution is 5.98. The van der Waals surface area contributed by atoms with Gasteiger partial charge in [-0.1, -0.05) is 24.6 Å². The number of piperazine rings is 1. The van der Waals surface area contributed by atoms with E-state index in [1.165, 1.54) is 0 Å². The highest BCUT2D eigenvalue weighted by atomic mass is 16.2. The molecule has 0 unspecified atom stereocenters. The quantitative estimate of drug-likeness (QED) is 0.828. The Kier molecular flexibility index (Phi) is 5.91. The predicted octanol–water partition coefficient (Wildman–Crippen LogP) is 1.96. The third-order valence-electron chi connectivity index (χ3n) is 5.25. The molecular weight excluding hydrogens is 330 g/mol. The number of likely N-dealkylation sites (tertiary alicyclic amines) is 1. The molecule has 0 bridgehead atoms. The van der Waals surface area contributed by atoms with Gasteiger partial charge in [0.15, 0.2) is 0 Å². The first kappa shape index (κ1) is 18.4. The molecule has 6 heteroatoms. The van der Waals surface area contributed by atoms with Crippen LogP contribution >= 0.6 is 0 Å². The predicted molar refractivity (Wildman–Crippen MR) is 99.8 cm³/mol. The molecule has 140 valence electrons. The largest absolute Gasteiger partial charge is 0.342 e. The zero-order valence-electron chi connectivity index (χ0n) is 15.4. The zero-order chi connectivity index (χ0) is 18.5. The molecule has 1 aromatic carbocycles. The van der Waals surface area contributed by atoms with Crippen molar-refractivity contribution in [3.05, 3.63) is 29.8 Å². The van der Waals surface area contributed by atoms with E-state index in [4.69, 9.17) is 0 Å². The maximum absolute atomic E-state index is 12.5. The topological polar surface area (TPSA) is 60.9 Å². The molecule has 0 spiro atoms. The Morgan fingerprint density at radius 1 is 1.00 bits per heavy atom. The van der Waals surface area contributed by atoms with Gasteiger partial charge in [0.05, 0.1) is 0 Å². The van der Waals surface area contributed by atoms with Crippen molar-refractivity contribution >= 4 is 23.4 Å². The molecule has 6 nitrogen and oxygen atoms in total. The average Bonchev–Trinajstić information content (AvgIpc) is 2.84. The number of rotatable bonds is 4. The summed E-state index contributed by atoms with van der Waals surface area (Å²) in [6, 6.07) is 7.80. The third-order valence-corrected chi connectivity index (χ3v) is 5.25. The van der Waals surface area contributed by atoms with Crippen LogP contribution in [0.5, 0.6) is 0 Å². The van der Waals surface area contributed by atoms with Crippen LogP contribution in [0.25, 0.3) is 0 Å². The fourth-order valence-corrected chi connectivity index (χ4v) is 3.67. The van der Waals surface area contributed by atoms with Gasteiger partial charge in [0.25, 0.3) is 0 Å². The highest BCUT2D eigenvalue weighted by Gasteiger charge is 2.29. The molecule has 0 radical (unpaired) electrons. The standard InChI is InChI=1S/C20H27N3O3/c1-16-7-4-5-8-17(16)23-14-13-22(15-20(23)26)19(25)10-12-21-11-6-2-3-9-18(21)24/h4-5,7-8H,2-3,6,9-15H2,1H3. The summed E-state index contributed by atoms with van der Waals surface area (Å²) in [5, 5.41) is 0. The van der Waals surface area contributed by atoms with E-state index in [2.05, 4.69) is 0 Å². The van der Waals surface area contributed by atoms with Gasteiger partial charge in [0.2, 0.25) is 17.7 Å². The number of carbonyl (C=O) groups excluding carboxylic acids is 3. The molecule has 26 heavy (non-hydrogen) atoms. The van der Waals surface area contributed by atoms with Crippen LogP contribution in [0.4, 0.5) is 5.69 Å². The molecule has 0 aliphatic carbocycles. The molecule has 2 fully saturated rings. The summed E-state index contributed by atoms with van der Waals surface area (Å²) in [5.74, 6) is 0.0559. The maximum Gasteiger partial charge on any atom is 0.246 e. The lowest BCUT2D eigenvalue weighted by atomic mass is 10.1. The molecule has 0 atom stereocenters. The van der Waals surface area contributed by atoms with E-state index in [-0.39, 0.29) is 24.3 Å². The van der Waals surface area contributed by atoms with Crippen LogP contribution in [0.2, 0.25) is 0 Å². The van der Waals surface area contributed by atoms with Gasteiger partial charge in [-0.15, -0.1) is 0 Å². The smallest absolute Gasteiger partial charge is 0.246 e. The van der Waals surface area contributed by atoms with Crippen LogP contribution < -0.4 is 4.90 Å². The number of anilines is 1. The molecular formula is C20H27N3O3. The lowest BCUT2D eigenvalue weighted by Gasteiger charge is -2.35. The third kappa shape index (κ3) is 4.23. The fourth-order valence-electron chi connectivity index (χ4n) is 3.67. The summed E-state index contributed by atoms with van der Waals surface area (Å²) in [4.78, 5) is 42.3. The van der Waals surface area contributed by atoms with Crippen molar-refractivity contribution in [2.24, 2.45) is 0 Å². The minimum atomic E-state index is -0.0512. The van der Waals surface area contributed by atoms with E-state index in [1.54, 1.807) is 14.7 Å². The summed E-state index contributed by atoms with van der Waals surface area (Å²) in [5.41, 5.74) is 1.97. The number of hydrogen-bond donors (Lipinski definition) is 0. The van der Waals surface area contributed by atoms with E-state index in [9.17, 15) is 14.4 Å². The summed E-state index contributed by atoms with van der Waals surface area (Å²) in [7, 11) is 0. The van der Waals surface area contributed by atoms with Crippen molar-refractivity contribution in [1.29, 1.82) is 0 Å². The average molecular weight is 357 g/mol. The Balaban J connectivity index is 1.53. The fraction of sp³-hybridized carbons (Fsp3) is 0.550. The summed E-state index contributed by atoms with van der Waals surface area (Å²) >= 11 is 0. The van der Waals surface area contributed by atoms with Crippen molar-refractivity contribution in [3.8, 4) is 0 Å². The molecule has 1 aromatic rings. The van der Waals surface area contributed by atoms with Gasteiger partial charge < -0.3 is 14.7 Å². The molecule has 2 aliphatic rings. The van der Waals surface area contributed by atoms with Gasteiger partial charge in [0.1, 0.15) is 6.54 Å². The molecule has 3 amide bonds. The maximum atomic E-state index is 12.5. The van der Waals surface area contributed by atoms with Gasteiger partial charge >= 0.3 is 0 Å². The van der Waals surface area contributed by atoms with Crippen LogP contribution in [-0.2, 0) is 14.4 Å². The number of amides is 3. The van der Waals surface area contributed by atoms with Gasteiger partial charge in [-0.3, -0.25) is 14.4 Å². The molecule has 2 heterocycles. The first-order valence-corrected chi connectivity index (χ1v) is 9.48. The van der Waals surface area contributed by atoms with E-state index in [1.807, 2.05) is 31.2 Å². The van der Waals surface area contributed by atoms with Crippen LogP contribution in [0, 0.1) is 6.92 Å². The second-order valence-electron chi connectivity index (χ2n) is 7.09. The summed E-state index contributed by atoms with van der Waals surface area (Å²) in [6.45, 7) is 4.35. The van der Waals surface area contributed by atoms with Gasteiger partial charge in [-0.05, 0) is 31.4 Å². The Morgan fingerprint density at radius 2 is 1.81 bits per heavy atom. The van der Waals surface area contributed by atoms with Crippen LogP contribution in [0.3, 0.4) is 0 Å². The Morgan fingerprint density at radius 3 is 2.58 bits per heavy atom. The van der Waals surface area contributed by atoms with Crippen molar-refractivity contribution in [2.75, 3.05) is 37.6 Å². The SMILES string of the molecule is Cc1ccccc1N1CCN(C(=O)CCN2CCCCCC2=O)CC1=O. The molecule has 0 saturated carbocycles. The van der Waals surface area contributed by atoms with Crippen LogP contribution in [0.15, 0.2) is 24.3 Å². The number of benzene rings is 1. The van der Waals surface area contributed by atoms with E-state index >= 15 is 0 Å². The zero-order valence-corrected chi connectivity index (χ0v) is 15.4. The normalized spacial score (nSPS) is 18.9. The lowest BCUT2D eigenvalue weighted by Crippen LogP contribution is -2.53. The van der Waals surface area contributed by atoms with Crippen molar-refractivity contribution in [3.63, 3.8) is 0 Å². The second kappa shape index (κ2) is 8.34. The van der Waals surface area contributed by atoms with E-state index in [0.29, 0.717) is 32.5 Å². The molecule has 2 saturated heterocycles. The van der Waals surface area contributed by atoms with Crippen molar-refractivity contribution < 1.29 is 14.4 Å². The van der Waals surface area contributed by atoms with Crippen molar-refractivity contribution in [2.45, 2.75) is 39.0 Å². The van der Waals surface area contributed by atoms with E-state index < -0.39 is 0 Å². The number of carbonyl (C=O) groups is 3. The summed E-state index contributed by atoms with van der Waals surface area (Å²) in [6.07, 6.45) is 3.91. The molecule has 0 aromatic heterocycles. The first-order chi connectivity index (χ1) is 12.6. The monoisotopic (exact) mass is 357 g/mol. The minimum Gasteiger partial charge on any atom is -0.342 e. The summed E-state index contributed by atoms with van der Waals surface area (Å²) < 4.78 is 0. The van der Waals surface area contributed by atoms with E-state index in [0.717, 1.165) is 37.1 Å². The van der Waals surface area contributed by atoms with Gasteiger partial charge in [-0.2, -0.15) is 0 Å². The highest BCUT2D eigenvalue weighted by Crippen LogP contribution is 2.22. The number of hydrogen-bond acceptors (Lipinski definition) is 3.